The molecule has 0 amide bonds. The molecule has 3 aromatic carbocycles. The summed E-state index contributed by atoms with van der Waals surface area (Å²) in [5, 5.41) is 0. The molecule has 0 aromatic heterocycles. The average Bonchev–Trinajstić information content (AvgIpc) is 2.51. The third kappa shape index (κ3) is 3.91. The van der Waals surface area contributed by atoms with Gasteiger partial charge in [0.15, 0.2) is 0 Å². The summed E-state index contributed by atoms with van der Waals surface area (Å²) in [6.45, 7) is 0.309. The maximum atomic E-state index is 2.20. The first kappa shape index (κ1) is 16.2. The van der Waals surface area contributed by atoms with Gasteiger partial charge in [-0.15, -0.1) is 0 Å². The molecule has 0 aliphatic rings. The van der Waals surface area contributed by atoms with E-state index in [9.17, 15) is 0 Å². The van der Waals surface area contributed by atoms with Crippen LogP contribution in [-0.4, -0.2) is 6.71 Å². The number of hydrogen-bond donors (Lipinski definition) is 0. The van der Waals surface area contributed by atoms with Crippen LogP contribution >= 0.6 is 0 Å². The SMILES string of the molecule is [Cs+].[H-].c1ccc(B(c2ccccc2)c2ccccc2)cc1. The van der Waals surface area contributed by atoms with Crippen molar-refractivity contribution in [3.05, 3.63) is 91.0 Å². The van der Waals surface area contributed by atoms with Gasteiger partial charge in [0, 0.05) is 0 Å². The van der Waals surface area contributed by atoms with Gasteiger partial charge >= 0.3 is 68.9 Å². The summed E-state index contributed by atoms with van der Waals surface area (Å²) < 4.78 is 0. The molecule has 0 nitrogen and oxygen atoms in total. The Balaban J connectivity index is 0.00000110. The van der Waals surface area contributed by atoms with Crippen molar-refractivity contribution in [1.82, 2.24) is 0 Å². The molecule has 0 N–H and O–H groups in total. The van der Waals surface area contributed by atoms with Crippen LogP contribution in [0.3, 0.4) is 0 Å². The van der Waals surface area contributed by atoms with Gasteiger partial charge in [-0.3, -0.25) is 0 Å². The van der Waals surface area contributed by atoms with Gasteiger partial charge in [-0.1, -0.05) is 107 Å². The quantitative estimate of drug-likeness (QED) is 0.532. The second-order valence-electron chi connectivity index (χ2n) is 4.67. The topological polar surface area (TPSA) is 0 Å². The fraction of sp³-hybridized carbons (Fsp3) is 0. The first-order valence-corrected chi connectivity index (χ1v) is 6.60. The van der Waals surface area contributed by atoms with Crippen LogP contribution in [0.15, 0.2) is 91.0 Å². The van der Waals surface area contributed by atoms with E-state index in [-0.39, 0.29) is 70.3 Å². The normalized spacial score (nSPS) is 9.60. The molecule has 0 bridgehead atoms. The second-order valence-corrected chi connectivity index (χ2v) is 4.67. The van der Waals surface area contributed by atoms with Crippen molar-refractivity contribution in [3.8, 4) is 0 Å². The minimum Gasteiger partial charge on any atom is -1.00 e. The zero-order valence-electron chi connectivity index (χ0n) is 12.7. The molecule has 0 spiro atoms. The minimum atomic E-state index is 0. The molecular formula is C18H16BCs. The van der Waals surface area contributed by atoms with Crippen LogP contribution in [0.25, 0.3) is 0 Å². The van der Waals surface area contributed by atoms with E-state index in [1.165, 1.54) is 16.4 Å². The van der Waals surface area contributed by atoms with Gasteiger partial charge in [0.2, 0.25) is 6.71 Å². The van der Waals surface area contributed by atoms with Crippen LogP contribution in [0.4, 0.5) is 0 Å². The van der Waals surface area contributed by atoms with Crippen molar-refractivity contribution in [1.29, 1.82) is 0 Å². The molecule has 0 saturated carbocycles. The monoisotopic (exact) mass is 376 g/mol. The Morgan fingerprint density at radius 3 is 0.950 bits per heavy atom. The van der Waals surface area contributed by atoms with Crippen molar-refractivity contribution < 1.29 is 70.3 Å². The molecule has 0 radical (unpaired) electrons. The average molecular weight is 376 g/mol. The fourth-order valence-electron chi connectivity index (χ4n) is 2.51. The Morgan fingerprint density at radius 1 is 0.450 bits per heavy atom. The summed E-state index contributed by atoms with van der Waals surface area (Å²) in [5.74, 6) is 0. The minimum absolute atomic E-state index is 0. The van der Waals surface area contributed by atoms with Crippen molar-refractivity contribution in [3.63, 3.8) is 0 Å². The van der Waals surface area contributed by atoms with Crippen LogP contribution in [0.2, 0.25) is 0 Å². The molecule has 3 aromatic rings. The van der Waals surface area contributed by atoms with Crippen molar-refractivity contribution in [2.24, 2.45) is 0 Å². The van der Waals surface area contributed by atoms with E-state index in [0.717, 1.165) is 0 Å². The van der Waals surface area contributed by atoms with Gasteiger partial charge in [-0.05, 0) is 0 Å². The largest absolute Gasteiger partial charge is 1.00 e. The van der Waals surface area contributed by atoms with Crippen LogP contribution in [-0.2, 0) is 0 Å². The van der Waals surface area contributed by atoms with Gasteiger partial charge in [0.05, 0.1) is 0 Å². The molecule has 0 aliphatic heterocycles. The molecule has 3 rings (SSSR count). The second kappa shape index (κ2) is 8.28. The smallest absolute Gasteiger partial charge is 1.00 e. The van der Waals surface area contributed by atoms with Crippen LogP contribution in [0.5, 0.6) is 0 Å². The maximum absolute atomic E-state index is 2.20. The molecule has 0 saturated heterocycles. The van der Waals surface area contributed by atoms with Crippen LogP contribution < -0.4 is 85.3 Å². The summed E-state index contributed by atoms with van der Waals surface area (Å²) in [6.07, 6.45) is 0. The molecule has 0 aliphatic carbocycles. The molecule has 0 unspecified atom stereocenters. The number of rotatable bonds is 3. The Hall–Kier alpha value is -0.223. The van der Waals surface area contributed by atoms with E-state index in [0.29, 0.717) is 6.71 Å². The molecule has 20 heavy (non-hydrogen) atoms. The third-order valence-electron chi connectivity index (χ3n) is 3.40. The third-order valence-corrected chi connectivity index (χ3v) is 3.40. The van der Waals surface area contributed by atoms with E-state index in [1.807, 2.05) is 0 Å². The molecule has 2 heteroatoms. The Bertz CT molecular complexity index is 535. The zero-order valence-corrected chi connectivity index (χ0v) is 18.0. The fourth-order valence-corrected chi connectivity index (χ4v) is 2.51. The van der Waals surface area contributed by atoms with E-state index in [2.05, 4.69) is 91.0 Å². The Kier molecular flexibility index (Phi) is 6.68. The van der Waals surface area contributed by atoms with E-state index < -0.39 is 0 Å². The summed E-state index contributed by atoms with van der Waals surface area (Å²) >= 11 is 0. The van der Waals surface area contributed by atoms with E-state index >= 15 is 0 Å². The predicted molar refractivity (Wildman–Crippen MR) is 85.1 cm³/mol. The summed E-state index contributed by atoms with van der Waals surface area (Å²) in [6, 6.07) is 32.0. The summed E-state index contributed by atoms with van der Waals surface area (Å²) in [5.41, 5.74) is 4.00. The summed E-state index contributed by atoms with van der Waals surface area (Å²) in [4.78, 5) is 0. The van der Waals surface area contributed by atoms with Gasteiger partial charge in [-0.25, -0.2) is 0 Å². The first-order valence-electron chi connectivity index (χ1n) is 6.60. The van der Waals surface area contributed by atoms with Crippen molar-refractivity contribution in [2.45, 2.75) is 0 Å². The standard InChI is InChI=1S/C18H15B.Cs.H/c1-4-10-16(11-5-1)19(17-12-6-2-7-13-17)18-14-8-3-9-15-18;;/h1-15H;;/q;+1;-1. The maximum Gasteiger partial charge on any atom is 1.00 e. The first-order chi connectivity index (χ1) is 9.45. The Labute approximate surface area is 181 Å². The molecule has 92 valence electrons. The zero-order chi connectivity index (χ0) is 12.9. The predicted octanol–water partition coefficient (Wildman–Crippen LogP) is -0.681. The van der Waals surface area contributed by atoms with Gasteiger partial charge in [0.25, 0.3) is 0 Å². The van der Waals surface area contributed by atoms with E-state index in [1.54, 1.807) is 0 Å². The van der Waals surface area contributed by atoms with Crippen molar-refractivity contribution in [2.75, 3.05) is 0 Å². The van der Waals surface area contributed by atoms with Gasteiger partial charge < -0.3 is 1.43 Å². The molecular weight excluding hydrogens is 360 g/mol. The molecule has 0 heterocycles. The van der Waals surface area contributed by atoms with Crippen molar-refractivity contribution >= 4 is 23.1 Å². The van der Waals surface area contributed by atoms with E-state index in [4.69, 9.17) is 0 Å². The number of benzene rings is 3. The molecule has 0 fully saturated rings. The Morgan fingerprint density at radius 2 is 0.700 bits per heavy atom. The number of hydrogen-bond acceptors (Lipinski definition) is 0. The van der Waals surface area contributed by atoms with Gasteiger partial charge in [-0.2, -0.15) is 0 Å². The van der Waals surface area contributed by atoms with Gasteiger partial charge in [0.1, 0.15) is 0 Å². The molecule has 0 atom stereocenters. The van der Waals surface area contributed by atoms with Crippen LogP contribution in [0.1, 0.15) is 1.43 Å². The summed E-state index contributed by atoms with van der Waals surface area (Å²) in [7, 11) is 0. The van der Waals surface area contributed by atoms with Crippen LogP contribution in [0, 0.1) is 0 Å².